The van der Waals surface area contributed by atoms with Crippen molar-refractivity contribution in [1.29, 1.82) is 0 Å². The summed E-state index contributed by atoms with van der Waals surface area (Å²) in [5, 5.41) is 0. The van der Waals surface area contributed by atoms with Crippen LogP contribution in [0.4, 0.5) is 4.39 Å². The highest BCUT2D eigenvalue weighted by atomic mass is 19.1. The Balaban J connectivity index is 2.96. The Kier molecular flexibility index (Phi) is 2.63. The molecule has 0 saturated carbocycles. The molecule has 0 saturated heterocycles. The fourth-order valence-corrected chi connectivity index (χ4v) is 0.889. The summed E-state index contributed by atoms with van der Waals surface area (Å²) in [4.78, 5) is 3.50. The van der Waals surface area contributed by atoms with Gasteiger partial charge in [-0.1, -0.05) is 0 Å². The zero-order chi connectivity index (χ0) is 9.14. The first-order valence-electron chi connectivity index (χ1n) is 3.89. The van der Waals surface area contributed by atoms with Crippen LogP contribution in [0.2, 0.25) is 0 Å². The van der Waals surface area contributed by atoms with Crippen molar-refractivity contribution in [3.05, 3.63) is 23.8 Å². The normalized spacial score (nSPS) is 10.4. The van der Waals surface area contributed by atoms with Crippen LogP contribution < -0.4 is 4.74 Å². The second-order valence-corrected chi connectivity index (χ2v) is 2.91. The molecule has 0 aliphatic heterocycles. The van der Waals surface area contributed by atoms with Crippen LogP contribution in [0.3, 0.4) is 0 Å². The zero-order valence-electron chi connectivity index (χ0n) is 7.47. The molecule has 1 rings (SSSR count). The van der Waals surface area contributed by atoms with Crippen LogP contribution in [0.25, 0.3) is 0 Å². The van der Waals surface area contributed by atoms with Gasteiger partial charge in [0.05, 0.1) is 6.10 Å². The van der Waals surface area contributed by atoms with E-state index in [1.54, 1.807) is 13.0 Å². The van der Waals surface area contributed by atoms with Crippen LogP contribution in [0.5, 0.6) is 5.75 Å². The zero-order valence-corrected chi connectivity index (χ0v) is 7.47. The molecular weight excluding hydrogens is 157 g/mol. The molecule has 1 aromatic heterocycles. The van der Waals surface area contributed by atoms with E-state index in [1.165, 1.54) is 6.20 Å². The topological polar surface area (TPSA) is 22.1 Å². The summed E-state index contributed by atoms with van der Waals surface area (Å²) in [5.41, 5.74) is 0.774. The molecular formula is C9H12FNO. The minimum Gasteiger partial charge on any atom is -0.486 e. The van der Waals surface area contributed by atoms with Crippen molar-refractivity contribution in [1.82, 2.24) is 4.98 Å². The summed E-state index contributed by atoms with van der Waals surface area (Å²) in [6.07, 6.45) is 1.40. The van der Waals surface area contributed by atoms with Crippen LogP contribution >= 0.6 is 0 Å². The molecule has 0 amide bonds. The average molecular weight is 169 g/mol. The molecule has 1 aromatic rings. The highest BCUT2D eigenvalue weighted by molar-refractivity contribution is 5.29. The van der Waals surface area contributed by atoms with Gasteiger partial charge in [-0.25, -0.2) is 4.98 Å². The number of halogens is 1. The van der Waals surface area contributed by atoms with Crippen molar-refractivity contribution < 1.29 is 9.13 Å². The fraction of sp³-hybridized carbons (Fsp3) is 0.444. The van der Waals surface area contributed by atoms with Gasteiger partial charge in [-0.3, -0.25) is 0 Å². The summed E-state index contributed by atoms with van der Waals surface area (Å²) < 4.78 is 18.2. The van der Waals surface area contributed by atoms with Crippen LogP contribution in [-0.2, 0) is 0 Å². The number of hydrogen-bond acceptors (Lipinski definition) is 2. The van der Waals surface area contributed by atoms with Crippen molar-refractivity contribution in [2.24, 2.45) is 0 Å². The van der Waals surface area contributed by atoms with Crippen LogP contribution in [0.1, 0.15) is 19.4 Å². The summed E-state index contributed by atoms with van der Waals surface area (Å²) in [7, 11) is 0. The Bertz CT molecular complexity index is 253. The molecule has 0 radical (unpaired) electrons. The quantitative estimate of drug-likeness (QED) is 0.634. The molecule has 3 heteroatoms. The lowest BCUT2D eigenvalue weighted by atomic mass is 10.3. The minimum atomic E-state index is -0.538. The summed E-state index contributed by atoms with van der Waals surface area (Å²) in [5.74, 6) is -0.281. The van der Waals surface area contributed by atoms with E-state index in [2.05, 4.69) is 4.98 Å². The largest absolute Gasteiger partial charge is 0.486 e. The van der Waals surface area contributed by atoms with E-state index >= 15 is 0 Å². The summed E-state index contributed by atoms with van der Waals surface area (Å²) in [6, 6.07) is 1.72. The number of aromatic nitrogens is 1. The van der Waals surface area contributed by atoms with Gasteiger partial charge in [-0.05, 0) is 32.4 Å². The first kappa shape index (κ1) is 8.97. The number of rotatable bonds is 2. The van der Waals surface area contributed by atoms with Crippen molar-refractivity contribution in [3.8, 4) is 5.75 Å². The molecule has 1 heterocycles. The number of hydrogen-bond donors (Lipinski definition) is 0. The SMILES string of the molecule is Cc1ccnc(F)c1OC(C)C. The molecule has 66 valence electrons. The van der Waals surface area contributed by atoms with Crippen molar-refractivity contribution in [3.63, 3.8) is 0 Å². The van der Waals surface area contributed by atoms with Crippen molar-refractivity contribution in [2.75, 3.05) is 0 Å². The summed E-state index contributed by atoms with van der Waals surface area (Å²) >= 11 is 0. The standard InChI is InChI=1S/C9H12FNO/c1-6(2)12-8-7(3)4-5-11-9(8)10/h4-6H,1-3H3. The molecule has 0 bridgehead atoms. The second kappa shape index (κ2) is 3.52. The van der Waals surface area contributed by atoms with Gasteiger partial charge in [0.1, 0.15) is 0 Å². The number of pyridine rings is 1. The number of ether oxygens (including phenoxy) is 1. The molecule has 0 aliphatic rings. The number of aryl methyl sites for hydroxylation is 1. The van der Waals surface area contributed by atoms with E-state index in [1.807, 2.05) is 13.8 Å². The smallest absolute Gasteiger partial charge is 0.255 e. The lowest BCUT2D eigenvalue weighted by Crippen LogP contribution is -2.08. The third-order valence-electron chi connectivity index (χ3n) is 1.41. The van der Waals surface area contributed by atoms with E-state index in [-0.39, 0.29) is 11.9 Å². The van der Waals surface area contributed by atoms with Gasteiger partial charge in [0.15, 0.2) is 5.75 Å². The minimum absolute atomic E-state index is 0.0256. The lowest BCUT2D eigenvalue weighted by molar-refractivity contribution is 0.226. The van der Waals surface area contributed by atoms with Crippen molar-refractivity contribution in [2.45, 2.75) is 26.9 Å². The maximum absolute atomic E-state index is 13.0. The van der Waals surface area contributed by atoms with E-state index < -0.39 is 5.95 Å². The van der Waals surface area contributed by atoms with Crippen molar-refractivity contribution >= 4 is 0 Å². The van der Waals surface area contributed by atoms with Gasteiger partial charge in [0, 0.05) is 6.20 Å². The van der Waals surface area contributed by atoms with E-state index in [4.69, 9.17) is 4.74 Å². The van der Waals surface area contributed by atoms with E-state index in [0.717, 1.165) is 5.56 Å². The lowest BCUT2D eigenvalue weighted by Gasteiger charge is -2.11. The number of nitrogens with zero attached hydrogens (tertiary/aromatic N) is 1. The van der Waals surface area contributed by atoms with Crippen LogP contribution in [-0.4, -0.2) is 11.1 Å². The highest BCUT2D eigenvalue weighted by Gasteiger charge is 2.08. The maximum Gasteiger partial charge on any atom is 0.255 e. The van der Waals surface area contributed by atoms with E-state index in [9.17, 15) is 4.39 Å². The Morgan fingerprint density at radius 1 is 1.50 bits per heavy atom. The van der Waals surface area contributed by atoms with Gasteiger partial charge in [-0.15, -0.1) is 0 Å². The van der Waals surface area contributed by atoms with Gasteiger partial charge < -0.3 is 4.74 Å². The predicted molar refractivity (Wildman–Crippen MR) is 44.7 cm³/mol. The molecule has 0 unspecified atom stereocenters. The van der Waals surface area contributed by atoms with E-state index in [0.29, 0.717) is 0 Å². The third-order valence-corrected chi connectivity index (χ3v) is 1.41. The predicted octanol–water partition coefficient (Wildman–Crippen LogP) is 2.32. The monoisotopic (exact) mass is 169 g/mol. The molecule has 0 N–H and O–H groups in total. The molecule has 0 atom stereocenters. The molecule has 12 heavy (non-hydrogen) atoms. The third kappa shape index (κ3) is 1.94. The Morgan fingerprint density at radius 2 is 2.17 bits per heavy atom. The van der Waals surface area contributed by atoms with Gasteiger partial charge in [0.25, 0.3) is 5.95 Å². The Morgan fingerprint density at radius 3 is 2.67 bits per heavy atom. The highest BCUT2D eigenvalue weighted by Crippen LogP contribution is 2.20. The average Bonchev–Trinajstić information content (AvgIpc) is 1.97. The van der Waals surface area contributed by atoms with Crippen LogP contribution in [0.15, 0.2) is 12.3 Å². The van der Waals surface area contributed by atoms with Gasteiger partial charge >= 0.3 is 0 Å². The first-order valence-corrected chi connectivity index (χ1v) is 3.89. The Labute approximate surface area is 71.4 Å². The maximum atomic E-state index is 13.0. The molecule has 0 spiro atoms. The van der Waals surface area contributed by atoms with Gasteiger partial charge in [-0.2, -0.15) is 4.39 Å². The first-order chi connectivity index (χ1) is 5.61. The molecule has 0 aliphatic carbocycles. The molecule has 2 nitrogen and oxygen atoms in total. The van der Waals surface area contributed by atoms with Gasteiger partial charge in [0.2, 0.25) is 0 Å². The molecule has 0 fully saturated rings. The molecule has 0 aromatic carbocycles. The fourth-order valence-electron chi connectivity index (χ4n) is 0.889. The van der Waals surface area contributed by atoms with Crippen LogP contribution in [0, 0.1) is 12.9 Å². The summed E-state index contributed by atoms with van der Waals surface area (Å²) in [6.45, 7) is 5.50. The second-order valence-electron chi connectivity index (χ2n) is 2.91. The Hall–Kier alpha value is -1.12.